The van der Waals surface area contributed by atoms with E-state index in [4.69, 9.17) is 23.7 Å². The topological polar surface area (TPSA) is 63.2 Å². The van der Waals surface area contributed by atoms with Gasteiger partial charge in [0.15, 0.2) is 0 Å². The first-order chi connectivity index (χ1) is 8.97. The SMILES string of the molecule is C=C(C)C(=O)OC(OCC)(OCC)C(OC)OCC. The molecule has 0 saturated heterocycles. The molecule has 0 heterocycles. The lowest BCUT2D eigenvalue weighted by atomic mass is 10.3. The van der Waals surface area contributed by atoms with Crippen LogP contribution in [-0.2, 0) is 28.5 Å². The van der Waals surface area contributed by atoms with Crippen molar-refractivity contribution in [1.82, 2.24) is 0 Å². The summed E-state index contributed by atoms with van der Waals surface area (Å²) in [7, 11) is 1.42. The van der Waals surface area contributed by atoms with Crippen LogP contribution in [0, 0.1) is 0 Å². The number of esters is 1. The van der Waals surface area contributed by atoms with Crippen LogP contribution in [0.3, 0.4) is 0 Å². The molecule has 1 atom stereocenters. The Hall–Kier alpha value is -0.950. The van der Waals surface area contributed by atoms with Crippen LogP contribution in [0.15, 0.2) is 12.2 Å². The molecule has 0 fully saturated rings. The molecule has 0 aliphatic heterocycles. The Morgan fingerprint density at radius 2 is 1.68 bits per heavy atom. The highest BCUT2D eigenvalue weighted by atomic mass is 16.9. The fourth-order valence-electron chi connectivity index (χ4n) is 1.37. The summed E-state index contributed by atoms with van der Waals surface area (Å²) in [6, 6.07) is 0. The maximum Gasteiger partial charge on any atom is 0.383 e. The van der Waals surface area contributed by atoms with Crippen molar-refractivity contribution in [2.24, 2.45) is 0 Å². The van der Waals surface area contributed by atoms with Gasteiger partial charge in [-0.15, -0.1) is 0 Å². The lowest BCUT2D eigenvalue weighted by molar-refractivity contribution is -0.435. The summed E-state index contributed by atoms with van der Waals surface area (Å²) < 4.78 is 26.7. The second-order valence-electron chi connectivity index (χ2n) is 3.66. The average Bonchev–Trinajstić information content (AvgIpc) is 2.36. The molecule has 0 rings (SSSR count). The van der Waals surface area contributed by atoms with Crippen LogP contribution < -0.4 is 0 Å². The summed E-state index contributed by atoms with van der Waals surface area (Å²) in [5, 5.41) is 0. The normalized spacial score (nSPS) is 13.1. The van der Waals surface area contributed by atoms with Crippen LogP contribution in [0.5, 0.6) is 0 Å². The Kier molecular flexibility index (Phi) is 8.58. The molecule has 0 aromatic rings. The summed E-state index contributed by atoms with van der Waals surface area (Å²) >= 11 is 0. The maximum atomic E-state index is 11.7. The van der Waals surface area contributed by atoms with Crippen LogP contribution >= 0.6 is 0 Å². The molecule has 0 aromatic heterocycles. The van der Waals surface area contributed by atoms with E-state index in [9.17, 15) is 4.79 Å². The van der Waals surface area contributed by atoms with Crippen LogP contribution in [0.4, 0.5) is 0 Å². The summed E-state index contributed by atoms with van der Waals surface area (Å²) in [6.07, 6.45) is -0.985. The highest BCUT2D eigenvalue weighted by Gasteiger charge is 2.47. The predicted molar refractivity (Wildman–Crippen MR) is 69.3 cm³/mol. The van der Waals surface area contributed by atoms with E-state index in [0.717, 1.165) is 0 Å². The van der Waals surface area contributed by atoms with Crippen molar-refractivity contribution in [2.75, 3.05) is 26.9 Å². The van der Waals surface area contributed by atoms with E-state index in [1.54, 1.807) is 20.8 Å². The molecular formula is C13H24O6. The second kappa shape index (κ2) is 9.03. The van der Waals surface area contributed by atoms with E-state index in [1.165, 1.54) is 14.0 Å². The molecule has 0 N–H and O–H groups in total. The summed E-state index contributed by atoms with van der Waals surface area (Å²) in [5.41, 5.74) is 0.232. The molecule has 0 amide bonds. The van der Waals surface area contributed by atoms with E-state index in [2.05, 4.69) is 6.58 Å². The van der Waals surface area contributed by atoms with E-state index >= 15 is 0 Å². The number of carbonyl (C=O) groups excluding carboxylic acids is 1. The third kappa shape index (κ3) is 5.28. The van der Waals surface area contributed by atoms with Crippen LogP contribution in [0.1, 0.15) is 27.7 Å². The van der Waals surface area contributed by atoms with Crippen molar-refractivity contribution in [3.63, 3.8) is 0 Å². The third-order valence-electron chi connectivity index (χ3n) is 2.10. The molecule has 0 saturated carbocycles. The molecule has 1 unspecified atom stereocenters. The van der Waals surface area contributed by atoms with Crippen LogP contribution in [0.25, 0.3) is 0 Å². The van der Waals surface area contributed by atoms with Crippen molar-refractivity contribution in [2.45, 2.75) is 40.0 Å². The Balaban J connectivity index is 5.24. The van der Waals surface area contributed by atoms with E-state index in [1.807, 2.05) is 0 Å². The lowest BCUT2D eigenvalue weighted by Gasteiger charge is -2.36. The number of hydrogen-bond acceptors (Lipinski definition) is 6. The number of ether oxygens (including phenoxy) is 5. The van der Waals surface area contributed by atoms with Gasteiger partial charge in [0, 0.05) is 19.3 Å². The first-order valence-electron chi connectivity index (χ1n) is 6.28. The molecule has 0 aliphatic carbocycles. The standard InChI is InChI=1S/C13H24O6/c1-7-16-12(15-6)13(17-8-2,18-9-3)19-11(14)10(4)5/h12H,4,7-9H2,1-3,5-6H3. The number of hydrogen-bond donors (Lipinski definition) is 0. The van der Waals surface area contributed by atoms with Crippen LogP contribution in [-0.4, -0.2) is 45.2 Å². The number of methoxy groups -OCH3 is 1. The van der Waals surface area contributed by atoms with Crippen molar-refractivity contribution in [1.29, 1.82) is 0 Å². The molecule has 112 valence electrons. The molecule has 0 radical (unpaired) electrons. The molecular weight excluding hydrogens is 252 g/mol. The smallest absolute Gasteiger partial charge is 0.383 e. The summed E-state index contributed by atoms with van der Waals surface area (Å²) in [5.74, 6) is -2.37. The Bertz CT molecular complexity index is 283. The number of carbonyl (C=O) groups is 1. The van der Waals surface area contributed by atoms with Gasteiger partial charge in [-0.3, -0.25) is 0 Å². The minimum absolute atomic E-state index is 0.232. The van der Waals surface area contributed by atoms with Crippen molar-refractivity contribution in [3.8, 4) is 0 Å². The summed E-state index contributed by atoms with van der Waals surface area (Å²) in [4.78, 5) is 11.7. The minimum Gasteiger partial charge on any atom is -0.400 e. The predicted octanol–water partition coefficient (Wildman–Crippen LogP) is 1.84. The molecule has 0 spiro atoms. The quantitative estimate of drug-likeness (QED) is 0.345. The molecule has 6 nitrogen and oxygen atoms in total. The monoisotopic (exact) mass is 276 g/mol. The molecule has 0 aliphatic rings. The van der Waals surface area contributed by atoms with Gasteiger partial charge < -0.3 is 23.7 Å². The van der Waals surface area contributed by atoms with Gasteiger partial charge in [0.1, 0.15) is 0 Å². The van der Waals surface area contributed by atoms with Crippen molar-refractivity contribution >= 4 is 5.97 Å². The van der Waals surface area contributed by atoms with E-state index < -0.39 is 18.2 Å². The molecule has 6 heteroatoms. The number of rotatable bonds is 10. The highest BCUT2D eigenvalue weighted by Crippen LogP contribution is 2.25. The highest BCUT2D eigenvalue weighted by molar-refractivity contribution is 5.87. The van der Waals surface area contributed by atoms with Crippen molar-refractivity contribution < 1.29 is 28.5 Å². The zero-order valence-electron chi connectivity index (χ0n) is 12.4. The Labute approximate surface area is 114 Å². The van der Waals surface area contributed by atoms with E-state index in [0.29, 0.717) is 6.61 Å². The minimum atomic E-state index is -1.73. The van der Waals surface area contributed by atoms with Gasteiger partial charge in [0.2, 0.25) is 0 Å². The second-order valence-corrected chi connectivity index (χ2v) is 3.66. The first-order valence-corrected chi connectivity index (χ1v) is 6.28. The molecule has 0 bridgehead atoms. The van der Waals surface area contributed by atoms with Gasteiger partial charge in [-0.1, -0.05) is 6.58 Å². The van der Waals surface area contributed by atoms with Gasteiger partial charge in [-0.05, 0) is 27.7 Å². The zero-order chi connectivity index (χ0) is 14.9. The Morgan fingerprint density at radius 1 is 1.16 bits per heavy atom. The van der Waals surface area contributed by atoms with E-state index in [-0.39, 0.29) is 18.8 Å². The zero-order valence-corrected chi connectivity index (χ0v) is 12.4. The lowest BCUT2D eigenvalue weighted by Crippen LogP contribution is -2.53. The van der Waals surface area contributed by atoms with Crippen molar-refractivity contribution in [3.05, 3.63) is 12.2 Å². The first kappa shape index (κ1) is 18.0. The van der Waals surface area contributed by atoms with Gasteiger partial charge in [0.05, 0.1) is 13.2 Å². The largest absolute Gasteiger partial charge is 0.400 e. The third-order valence-corrected chi connectivity index (χ3v) is 2.10. The summed E-state index contributed by atoms with van der Waals surface area (Å²) in [6.45, 7) is 11.2. The maximum absolute atomic E-state index is 11.7. The fraction of sp³-hybridized carbons (Fsp3) is 0.769. The van der Waals surface area contributed by atoms with Gasteiger partial charge in [-0.25, -0.2) is 4.79 Å². The van der Waals surface area contributed by atoms with Gasteiger partial charge in [0.25, 0.3) is 6.29 Å². The average molecular weight is 276 g/mol. The fourth-order valence-corrected chi connectivity index (χ4v) is 1.37. The molecule has 0 aromatic carbocycles. The van der Waals surface area contributed by atoms with Gasteiger partial charge >= 0.3 is 11.9 Å². The van der Waals surface area contributed by atoms with Crippen LogP contribution in [0.2, 0.25) is 0 Å². The molecule has 19 heavy (non-hydrogen) atoms. The van der Waals surface area contributed by atoms with Gasteiger partial charge in [-0.2, -0.15) is 0 Å². The Morgan fingerprint density at radius 3 is 2.00 bits per heavy atom.